The topological polar surface area (TPSA) is 198 Å². The molecule has 1 saturated carbocycles. The molecule has 0 saturated heterocycles. The third-order valence-electron chi connectivity index (χ3n) is 4.80. The van der Waals surface area contributed by atoms with Gasteiger partial charge in [-0.05, 0) is 37.5 Å². The summed E-state index contributed by atoms with van der Waals surface area (Å²) >= 11 is 0. The first kappa shape index (κ1) is 30.3. The van der Waals surface area contributed by atoms with Crippen molar-refractivity contribution in [2.45, 2.75) is 41.0 Å². The molecule has 1 aromatic heterocycles. The minimum Gasteiger partial charge on any atom is -0.748 e. The van der Waals surface area contributed by atoms with Crippen LogP contribution in [0.25, 0.3) is 11.0 Å². The maximum absolute atomic E-state index is 11.6. The standard InChI is InChI=1S/C15H21N3O9S3.2Na/c1-28(19,20)15-17-13-3-2-9(4-14(13)18-15)16-8-27-10-5-11(29(21,22)23)7-12(6-10)30(24,25)26;;/h2-4,10-12,16H,5-8H2,1H3,(H,17,18)(H,21,22,23)(H,24,25,26);;/q;2*+1/p-2. The van der Waals surface area contributed by atoms with Gasteiger partial charge in [0.05, 0.1) is 47.9 Å². The van der Waals surface area contributed by atoms with E-state index in [1.807, 2.05) is 0 Å². The second-order valence-corrected chi connectivity index (χ2v) is 12.3. The van der Waals surface area contributed by atoms with Gasteiger partial charge in [0.25, 0.3) is 0 Å². The van der Waals surface area contributed by atoms with Gasteiger partial charge in [-0.3, -0.25) is 0 Å². The summed E-state index contributed by atoms with van der Waals surface area (Å²) in [5.74, 6) is 0. The van der Waals surface area contributed by atoms with Crippen molar-refractivity contribution in [2.75, 3.05) is 18.3 Å². The molecule has 0 aliphatic heterocycles. The predicted octanol–water partition coefficient (Wildman–Crippen LogP) is -6.26. The Morgan fingerprint density at radius 2 is 1.59 bits per heavy atom. The molecule has 2 unspecified atom stereocenters. The number of ether oxygens (including phenoxy) is 1. The van der Waals surface area contributed by atoms with Crippen molar-refractivity contribution in [3.8, 4) is 0 Å². The van der Waals surface area contributed by atoms with Crippen molar-refractivity contribution < 1.29 is 98.2 Å². The van der Waals surface area contributed by atoms with E-state index in [0.29, 0.717) is 16.7 Å². The van der Waals surface area contributed by atoms with E-state index in [4.69, 9.17) is 4.74 Å². The first-order valence-electron chi connectivity index (χ1n) is 8.68. The maximum atomic E-state index is 11.6. The van der Waals surface area contributed by atoms with Crippen molar-refractivity contribution in [3.05, 3.63) is 18.2 Å². The second kappa shape index (κ2) is 11.3. The number of rotatable bonds is 7. The first-order chi connectivity index (χ1) is 13.7. The smallest absolute Gasteiger partial charge is 0.748 e. The summed E-state index contributed by atoms with van der Waals surface area (Å²) in [6.07, 6.45) is -0.855. The fourth-order valence-corrected chi connectivity index (χ4v) is 5.81. The quantitative estimate of drug-likeness (QED) is 0.197. The van der Waals surface area contributed by atoms with E-state index in [1.165, 1.54) is 0 Å². The molecule has 17 heteroatoms. The predicted molar refractivity (Wildman–Crippen MR) is 103 cm³/mol. The molecule has 0 spiro atoms. The maximum Gasteiger partial charge on any atom is 1.00 e. The van der Waals surface area contributed by atoms with Gasteiger partial charge in [0, 0.05) is 11.9 Å². The molecule has 1 aliphatic rings. The summed E-state index contributed by atoms with van der Waals surface area (Å²) in [4.78, 5) is 6.64. The average molecular weight is 528 g/mol. The third kappa shape index (κ3) is 7.88. The molecule has 2 N–H and O–H groups in total. The van der Waals surface area contributed by atoms with E-state index in [9.17, 15) is 34.4 Å². The van der Waals surface area contributed by atoms with Crippen LogP contribution in [0.3, 0.4) is 0 Å². The molecule has 1 fully saturated rings. The Balaban J connectivity index is 0.00000256. The summed E-state index contributed by atoms with van der Waals surface area (Å²) < 4.78 is 96.5. The first-order valence-corrected chi connectivity index (χ1v) is 13.5. The fraction of sp³-hybridized carbons (Fsp3) is 0.533. The van der Waals surface area contributed by atoms with Crippen LogP contribution in [0.2, 0.25) is 0 Å². The molecule has 168 valence electrons. The molecule has 2 atom stereocenters. The van der Waals surface area contributed by atoms with Crippen LogP contribution in [0.5, 0.6) is 0 Å². The van der Waals surface area contributed by atoms with Crippen molar-refractivity contribution in [1.29, 1.82) is 0 Å². The molecule has 2 aromatic rings. The zero-order valence-corrected chi connectivity index (χ0v) is 24.1. The van der Waals surface area contributed by atoms with Crippen LogP contribution >= 0.6 is 0 Å². The van der Waals surface area contributed by atoms with E-state index in [0.717, 1.165) is 6.26 Å². The van der Waals surface area contributed by atoms with Crippen molar-refractivity contribution >= 4 is 46.8 Å². The number of hydrogen-bond acceptors (Lipinski definition) is 11. The Morgan fingerprint density at radius 3 is 2.09 bits per heavy atom. The van der Waals surface area contributed by atoms with Crippen LogP contribution < -0.4 is 64.4 Å². The molecular weight excluding hydrogens is 508 g/mol. The Morgan fingerprint density at radius 1 is 1.03 bits per heavy atom. The number of anilines is 1. The second-order valence-electron chi connectivity index (χ2n) is 7.09. The van der Waals surface area contributed by atoms with Gasteiger partial charge in [0.2, 0.25) is 15.0 Å². The number of nitrogens with zero attached hydrogens (tertiary/aromatic N) is 1. The van der Waals surface area contributed by atoms with Gasteiger partial charge in [-0.15, -0.1) is 0 Å². The minimum absolute atomic E-state index is 0. The van der Waals surface area contributed by atoms with E-state index in [-0.39, 0.29) is 83.8 Å². The molecule has 32 heavy (non-hydrogen) atoms. The number of benzene rings is 1. The van der Waals surface area contributed by atoms with Gasteiger partial charge < -0.3 is 24.1 Å². The molecule has 12 nitrogen and oxygen atoms in total. The number of sulfone groups is 1. The molecule has 0 amide bonds. The van der Waals surface area contributed by atoms with Gasteiger partial charge in [0.15, 0.2) is 0 Å². The molecule has 3 rings (SSSR count). The Labute approximate surface area is 230 Å². The Bertz CT molecular complexity index is 1220. The van der Waals surface area contributed by atoms with E-state index in [2.05, 4.69) is 15.3 Å². The van der Waals surface area contributed by atoms with Gasteiger partial charge in [-0.1, -0.05) is 0 Å². The number of H-pyrrole nitrogens is 1. The number of imidazole rings is 1. The zero-order valence-electron chi connectivity index (χ0n) is 17.6. The van der Waals surface area contributed by atoms with Crippen molar-refractivity contribution in [2.24, 2.45) is 0 Å². The van der Waals surface area contributed by atoms with Crippen LogP contribution in [0.4, 0.5) is 5.69 Å². The molecule has 1 heterocycles. The fourth-order valence-electron chi connectivity index (χ4n) is 3.29. The van der Waals surface area contributed by atoms with Crippen LogP contribution in [0.15, 0.2) is 23.4 Å². The number of hydrogen-bond donors (Lipinski definition) is 2. The average Bonchev–Trinajstić information content (AvgIpc) is 3.04. The van der Waals surface area contributed by atoms with Gasteiger partial charge in [0.1, 0.15) is 6.73 Å². The number of aromatic nitrogens is 2. The van der Waals surface area contributed by atoms with Gasteiger partial charge in [-0.25, -0.2) is 30.2 Å². The van der Waals surface area contributed by atoms with Crippen LogP contribution in [0, 0.1) is 0 Å². The van der Waals surface area contributed by atoms with Crippen molar-refractivity contribution in [3.63, 3.8) is 0 Å². The summed E-state index contributed by atoms with van der Waals surface area (Å²) in [5.41, 5.74) is 1.40. The molecule has 0 bridgehead atoms. The van der Waals surface area contributed by atoms with Crippen molar-refractivity contribution in [1.82, 2.24) is 9.97 Å². The monoisotopic (exact) mass is 527 g/mol. The van der Waals surface area contributed by atoms with Gasteiger partial charge in [-0.2, -0.15) is 0 Å². The van der Waals surface area contributed by atoms with E-state index in [1.54, 1.807) is 18.2 Å². The molecule has 0 radical (unpaired) electrons. The molecule has 1 aromatic carbocycles. The third-order valence-corrected chi connectivity index (χ3v) is 8.10. The SMILES string of the molecule is CS(=O)(=O)c1nc2ccc(NCOC3CC(S(=O)(=O)[O-])CC(S(=O)(=O)[O-])C3)cc2[nH]1.[Na+].[Na+]. The number of nitrogens with one attached hydrogen (secondary N) is 2. The van der Waals surface area contributed by atoms with Crippen LogP contribution in [-0.4, -0.2) is 73.9 Å². The van der Waals surface area contributed by atoms with Crippen LogP contribution in [-0.2, 0) is 34.8 Å². The normalized spacial score (nSPS) is 22.0. The summed E-state index contributed by atoms with van der Waals surface area (Å²) in [7, 11) is -13.1. The Kier molecular flexibility index (Phi) is 10.7. The van der Waals surface area contributed by atoms with E-state index >= 15 is 0 Å². The molecule has 1 aliphatic carbocycles. The minimum atomic E-state index is -4.78. The van der Waals surface area contributed by atoms with E-state index < -0.39 is 53.1 Å². The number of aromatic amines is 1. The van der Waals surface area contributed by atoms with Gasteiger partial charge >= 0.3 is 59.1 Å². The number of fused-ring (bicyclic) bond motifs is 1. The summed E-state index contributed by atoms with van der Waals surface area (Å²) in [6, 6.07) is 4.76. The summed E-state index contributed by atoms with van der Waals surface area (Å²) in [6.45, 7) is -0.166. The van der Waals surface area contributed by atoms with Crippen LogP contribution in [0.1, 0.15) is 19.3 Å². The largest absolute Gasteiger partial charge is 1.00 e. The summed E-state index contributed by atoms with van der Waals surface area (Å²) in [5, 5.41) is -0.340. The zero-order chi connectivity index (χ0) is 22.3. The Hall–Kier alpha value is 0.220. The molecular formula is C15H19N3Na2O9S3.